The lowest BCUT2D eigenvalue weighted by Crippen LogP contribution is -2.26. The van der Waals surface area contributed by atoms with Crippen molar-refractivity contribution in [3.8, 4) is 16.3 Å². The van der Waals surface area contributed by atoms with Gasteiger partial charge in [-0.1, -0.05) is 35.3 Å². The monoisotopic (exact) mass is 434 g/mol. The largest absolute Gasteiger partial charge is 0.494 e. The highest BCUT2D eigenvalue weighted by Gasteiger charge is 2.09. The highest BCUT2D eigenvalue weighted by molar-refractivity contribution is 7.13. The van der Waals surface area contributed by atoms with Gasteiger partial charge in [-0.05, 0) is 49.2 Å². The first-order valence-corrected chi connectivity index (χ1v) is 10.6. The third-order valence-electron chi connectivity index (χ3n) is 3.94. The zero-order valence-electron chi connectivity index (χ0n) is 15.2. The Morgan fingerprint density at radius 2 is 1.89 bits per heavy atom. The maximum Gasteiger partial charge on any atom is 0.226 e. The average molecular weight is 435 g/mol. The van der Waals surface area contributed by atoms with Gasteiger partial charge in [-0.15, -0.1) is 11.3 Å². The molecule has 1 aromatic heterocycles. The minimum atomic E-state index is -0.0263. The Morgan fingerprint density at radius 3 is 2.68 bits per heavy atom. The molecule has 0 saturated carbocycles. The van der Waals surface area contributed by atoms with Crippen LogP contribution in [0.2, 0.25) is 10.0 Å². The van der Waals surface area contributed by atoms with Gasteiger partial charge in [0.1, 0.15) is 10.8 Å². The van der Waals surface area contributed by atoms with Crippen molar-refractivity contribution >= 4 is 40.4 Å². The lowest BCUT2D eigenvalue weighted by Gasteiger charge is -2.07. The highest BCUT2D eigenvalue weighted by atomic mass is 35.5. The number of benzene rings is 2. The minimum absolute atomic E-state index is 0.0263. The molecule has 28 heavy (non-hydrogen) atoms. The molecule has 1 heterocycles. The first-order chi connectivity index (χ1) is 13.6. The highest BCUT2D eigenvalue weighted by Crippen LogP contribution is 2.26. The summed E-state index contributed by atoms with van der Waals surface area (Å²) < 4.78 is 5.63. The van der Waals surface area contributed by atoms with Gasteiger partial charge >= 0.3 is 0 Å². The lowest BCUT2D eigenvalue weighted by molar-refractivity contribution is -0.120. The van der Waals surface area contributed by atoms with Gasteiger partial charge in [0.15, 0.2) is 0 Å². The number of hydrogen-bond acceptors (Lipinski definition) is 4. The molecule has 2 aromatic carbocycles. The average Bonchev–Trinajstić information content (AvgIpc) is 3.14. The van der Waals surface area contributed by atoms with Crippen molar-refractivity contribution in [2.24, 2.45) is 0 Å². The van der Waals surface area contributed by atoms with Gasteiger partial charge in [-0.25, -0.2) is 4.98 Å². The van der Waals surface area contributed by atoms with Crippen LogP contribution in [-0.2, 0) is 11.2 Å². The Hall–Kier alpha value is -2.08. The second kappa shape index (κ2) is 10.5. The quantitative estimate of drug-likeness (QED) is 0.443. The molecule has 1 N–H and O–H groups in total. The number of hydrogen-bond donors (Lipinski definition) is 1. The molecule has 4 nitrogen and oxygen atoms in total. The Labute approximate surface area is 178 Å². The molecular weight excluding hydrogens is 415 g/mol. The molecule has 0 saturated heterocycles. The number of nitrogens with zero attached hydrogens (tertiary/aromatic N) is 1. The van der Waals surface area contributed by atoms with Crippen LogP contribution in [0.5, 0.6) is 5.75 Å². The van der Waals surface area contributed by atoms with Crippen molar-refractivity contribution in [2.45, 2.75) is 19.3 Å². The number of thiazole rings is 1. The van der Waals surface area contributed by atoms with Gasteiger partial charge in [0, 0.05) is 27.5 Å². The molecule has 0 aliphatic heterocycles. The molecule has 0 spiro atoms. The summed E-state index contributed by atoms with van der Waals surface area (Å²) in [7, 11) is 0. The first-order valence-electron chi connectivity index (χ1n) is 8.95. The fourth-order valence-electron chi connectivity index (χ4n) is 2.54. The number of aromatic nitrogens is 1. The molecule has 0 unspecified atom stereocenters. The van der Waals surface area contributed by atoms with E-state index in [0.717, 1.165) is 34.9 Å². The number of ether oxygens (including phenoxy) is 1. The normalized spacial score (nSPS) is 10.6. The number of amides is 1. The molecule has 3 aromatic rings. The zero-order chi connectivity index (χ0) is 19.8. The third kappa shape index (κ3) is 6.51. The summed E-state index contributed by atoms with van der Waals surface area (Å²) in [4.78, 5) is 16.6. The molecule has 0 radical (unpaired) electrons. The molecule has 3 rings (SSSR count). The minimum Gasteiger partial charge on any atom is -0.494 e. The van der Waals surface area contributed by atoms with E-state index in [4.69, 9.17) is 27.9 Å². The predicted molar refractivity (Wildman–Crippen MR) is 115 cm³/mol. The second-order valence-corrected chi connectivity index (χ2v) is 7.92. The van der Waals surface area contributed by atoms with E-state index in [9.17, 15) is 4.79 Å². The van der Waals surface area contributed by atoms with Gasteiger partial charge in [0.2, 0.25) is 5.91 Å². The summed E-state index contributed by atoms with van der Waals surface area (Å²) in [6.07, 6.45) is 1.99. The van der Waals surface area contributed by atoms with Crippen molar-refractivity contribution in [1.29, 1.82) is 0 Å². The van der Waals surface area contributed by atoms with Crippen molar-refractivity contribution in [2.75, 3.05) is 13.2 Å². The van der Waals surface area contributed by atoms with Crippen molar-refractivity contribution in [3.63, 3.8) is 0 Å². The van der Waals surface area contributed by atoms with Crippen LogP contribution in [0.4, 0.5) is 0 Å². The maximum atomic E-state index is 12.1. The SMILES string of the molecule is O=C(Cc1csc(-c2cccc(Cl)c2)n1)NCCCCOc1ccc(Cl)cc1. The molecule has 0 atom stereocenters. The molecule has 0 aliphatic rings. The van der Waals surface area contributed by atoms with E-state index in [1.807, 2.05) is 41.8 Å². The first kappa shape index (κ1) is 20.6. The van der Waals surface area contributed by atoms with E-state index in [-0.39, 0.29) is 12.3 Å². The summed E-state index contributed by atoms with van der Waals surface area (Å²) in [6.45, 7) is 1.22. The number of nitrogens with one attached hydrogen (secondary N) is 1. The Balaban J connectivity index is 1.34. The molecule has 1 amide bonds. The molecule has 0 bridgehead atoms. The van der Waals surface area contributed by atoms with Crippen LogP contribution >= 0.6 is 34.5 Å². The molecule has 7 heteroatoms. The van der Waals surface area contributed by atoms with E-state index in [1.54, 1.807) is 12.1 Å². The second-order valence-electron chi connectivity index (χ2n) is 6.19. The van der Waals surface area contributed by atoms with Gasteiger partial charge in [-0.3, -0.25) is 4.79 Å². The van der Waals surface area contributed by atoms with Crippen molar-refractivity contribution in [3.05, 3.63) is 69.7 Å². The fraction of sp³-hybridized carbons (Fsp3) is 0.238. The Morgan fingerprint density at radius 1 is 1.07 bits per heavy atom. The number of rotatable bonds is 9. The summed E-state index contributed by atoms with van der Waals surface area (Å²) >= 11 is 13.4. The number of unbranched alkanes of at least 4 members (excludes halogenated alkanes) is 1. The van der Waals surface area contributed by atoms with Crippen LogP contribution < -0.4 is 10.1 Å². The molecule has 0 fully saturated rings. The number of carbonyl (C=O) groups is 1. The fourth-order valence-corrected chi connectivity index (χ4v) is 3.68. The number of halogens is 2. The van der Waals surface area contributed by atoms with Crippen LogP contribution in [0.15, 0.2) is 53.9 Å². The van der Waals surface area contributed by atoms with Gasteiger partial charge in [0.25, 0.3) is 0 Å². The smallest absolute Gasteiger partial charge is 0.226 e. The van der Waals surface area contributed by atoms with E-state index in [2.05, 4.69) is 10.3 Å². The van der Waals surface area contributed by atoms with E-state index in [1.165, 1.54) is 11.3 Å². The van der Waals surface area contributed by atoms with E-state index in [0.29, 0.717) is 23.2 Å². The molecular formula is C21H20Cl2N2O2S. The predicted octanol–water partition coefficient (Wildman–Crippen LogP) is 5.63. The van der Waals surface area contributed by atoms with Crippen molar-refractivity contribution < 1.29 is 9.53 Å². The summed E-state index contributed by atoms with van der Waals surface area (Å²) in [6, 6.07) is 14.8. The summed E-state index contributed by atoms with van der Waals surface area (Å²) in [5.41, 5.74) is 1.73. The van der Waals surface area contributed by atoms with E-state index < -0.39 is 0 Å². The summed E-state index contributed by atoms with van der Waals surface area (Å²) in [5, 5.41) is 7.07. The van der Waals surface area contributed by atoms with Crippen LogP contribution in [0.1, 0.15) is 18.5 Å². The van der Waals surface area contributed by atoms with Crippen LogP contribution in [0.3, 0.4) is 0 Å². The van der Waals surface area contributed by atoms with Gasteiger partial charge < -0.3 is 10.1 Å². The Bertz CT molecular complexity index is 913. The zero-order valence-corrected chi connectivity index (χ0v) is 17.5. The standard InChI is InChI=1S/C21H20Cl2N2O2S/c22-16-6-8-19(9-7-16)27-11-2-1-10-24-20(26)13-18-14-28-21(25-18)15-4-3-5-17(23)12-15/h3-9,12,14H,1-2,10-11,13H2,(H,24,26). The molecule has 146 valence electrons. The van der Waals surface area contributed by atoms with E-state index >= 15 is 0 Å². The topological polar surface area (TPSA) is 51.2 Å². The summed E-state index contributed by atoms with van der Waals surface area (Å²) in [5.74, 6) is 0.772. The molecule has 0 aliphatic carbocycles. The van der Waals surface area contributed by atoms with Crippen LogP contribution in [-0.4, -0.2) is 24.0 Å². The Kier molecular flexibility index (Phi) is 7.71. The maximum absolute atomic E-state index is 12.1. The van der Waals surface area contributed by atoms with Crippen LogP contribution in [0, 0.1) is 0 Å². The van der Waals surface area contributed by atoms with Crippen LogP contribution in [0.25, 0.3) is 10.6 Å². The third-order valence-corrected chi connectivity index (χ3v) is 5.37. The van der Waals surface area contributed by atoms with Gasteiger partial charge in [-0.2, -0.15) is 0 Å². The van der Waals surface area contributed by atoms with Gasteiger partial charge in [0.05, 0.1) is 18.7 Å². The van der Waals surface area contributed by atoms with Crippen molar-refractivity contribution in [1.82, 2.24) is 10.3 Å². The lowest BCUT2D eigenvalue weighted by atomic mass is 10.2. The number of carbonyl (C=O) groups excluding carboxylic acids is 1.